The van der Waals surface area contributed by atoms with Crippen molar-refractivity contribution in [1.82, 2.24) is 10.6 Å². The summed E-state index contributed by atoms with van der Waals surface area (Å²) in [5.74, 6) is -3.02. The molecular formula is C18H16Br2Cl12N6O6. The van der Waals surface area contributed by atoms with Crippen LogP contribution in [0.2, 0.25) is 0 Å². The Bertz CT molecular complexity index is 1040. The van der Waals surface area contributed by atoms with Crippen LogP contribution in [-0.2, 0) is 28.7 Å². The molecule has 44 heavy (non-hydrogen) atoms. The summed E-state index contributed by atoms with van der Waals surface area (Å²) in [6, 6.07) is -1.59. The Morgan fingerprint density at radius 2 is 1.00 bits per heavy atom. The molecule has 0 unspecified atom stereocenters. The molecule has 0 aromatic carbocycles. The Balaban J connectivity index is 0.000000440. The van der Waals surface area contributed by atoms with E-state index in [1.54, 1.807) is 0 Å². The maximum absolute atomic E-state index is 11.8. The summed E-state index contributed by atoms with van der Waals surface area (Å²) in [5, 5.41) is 27.1. The van der Waals surface area contributed by atoms with Crippen molar-refractivity contribution in [2.24, 2.45) is 10.3 Å². The van der Waals surface area contributed by atoms with E-state index in [1.807, 2.05) is 0 Å². The predicted octanol–water partition coefficient (Wildman–Crippen LogP) is 7.41. The van der Waals surface area contributed by atoms with Crippen molar-refractivity contribution in [3.63, 3.8) is 0 Å². The van der Waals surface area contributed by atoms with E-state index in [4.69, 9.17) is 169 Å². The molecule has 0 saturated carbocycles. The second-order valence-electron chi connectivity index (χ2n) is 8.06. The third-order valence-corrected chi connectivity index (χ3v) is 7.69. The second kappa shape index (κ2) is 18.3. The zero-order valence-electron chi connectivity index (χ0n) is 20.8. The van der Waals surface area contributed by atoms with Crippen molar-refractivity contribution in [2.75, 3.05) is 13.2 Å². The lowest BCUT2D eigenvalue weighted by Crippen LogP contribution is -2.50. The van der Waals surface area contributed by atoms with Gasteiger partial charge >= 0.3 is 0 Å². The largest absolute Gasteiger partial charge is 0.476 e. The molecule has 0 bridgehead atoms. The molecule has 2 aliphatic rings. The van der Waals surface area contributed by atoms with Crippen molar-refractivity contribution in [3.8, 4) is 0 Å². The molecule has 0 fully saturated rings. The average molecular weight is 998 g/mol. The topological polar surface area (TPSA) is 168 Å². The molecule has 26 heteroatoms. The molecule has 0 aliphatic carbocycles. The van der Waals surface area contributed by atoms with Crippen molar-refractivity contribution in [2.45, 2.75) is 52.3 Å². The molecule has 2 amide bonds. The summed E-state index contributed by atoms with van der Waals surface area (Å²) in [7, 11) is 0. The van der Waals surface area contributed by atoms with Gasteiger partial charge in [-0.1, -0.05) is 150 Å². The van der Waals surface area contributed by atoms with Crippen LogP contribution in [0.3, 0.4) is 0 Å². The van der Waals surface area contributed by atoms with E-state index in [2.05, 4.69) is 52.8 Å². The van der Waals surface area contributed by atoms with E-state index in [0.717, 1.165) is 0 Å². The van der Waals surface area contributed by atoms with E-state index >= 15 is 0 Å². The third kappa shape index (κ3) is 16.1. The molecule has 4 atom stereocenters. The minimum atomic E-state index is -2.17. The van der Waals surface area contributed by atoms with Gasteiger partial charge in [0.05, 0.1) is 0 Å². The number of rotatable bonds is 8. The molecule has 12 nitrogen and oxygen atoms in total. The van der Waals surface area contributed by atoms with Gasteiger partial charge in [0.25, 0.3) is 27.0 Å². The fraction of sp³-hybridized carbons (Fsp3) is 0.667. The van der Waals surface area contributed by atoms with Gasteiger partial charge in [-0.15, -0.1) is 0 Å². The van der Waals surface area contributed by atoms with E-state index in [9.17, 15) is 9.59 Å². The Morgan fingerprint density at radius 1 is 0.705 bits per heavy atom. The normalized spacial score (nSPS) is 20.0. The number of alkyl halides is 12. The standard InChI is InChI=1S/2C9H8BrCl6N3O3/c2*10-5-1-4(22-19-5)3(18-7(20)9(14,15)16)2-21-6(17)8(11,12)13/h2*3-4,17H,1-2H2,(H,18,20)/t3-,4+;3-,4-/m01/s1. The van der Waals surface area contributed by atoms with E-state index < -0.39 is 63.1 Å². The molecule has 4 N–H and O–H groups in total. The van der Waals surface area contributed by atoms with Gasteiger partial charge in [0.1, 0.15) is 34.5 Å². The summed E-state index contributed by atoms with van der Waals surface area (Å²) >= 11 is 72.2. The first kappa shape index (κ1) is 43.3. The van der Waals surface area contributed by atoms with Gasteiger partial charge in [0.15, 0.2) is 12.2 Å². The SMILES string of the molecule is N=C(OC[C@@H](NC(=O)C(Cl)(Cl)Cl)[C@H]1CC(Br)=NO1)C(Cl)(Cl)Cl.N=C(OC[C@H](NC(=O)C(Cl)(Cl)Cl)[C@H]1CC(Br)=NO1)C(Cl)(Cl)Cl. The molecule has 2 aliphatic heterocycles. The Morgan fingerprint density at radius 3 is 1.20 bits per heavy atom. The lowest BCUT2D eigenvalue weighted by molar-refractivity contribution is -0.123. The molecule has 0 radical (unpaired) electrons. The zero-order chi connectivity index (χ0) is 34.3. The van der Waals surface area contributed by atoms with Crippen LogP contribution < -0.4 is 10.6 Å². The number of hydrogen-bond acceptors (Lipinski definition) is 10. The van der Waals surface area contributed by atoms with Crippen LogP contribution in [0.5, 0.6) is 0 Å². The van der Waals surface area contributed by atoms with Crippen LogP contribution in [0.1, 0.15) is 12.8 Å². The van der Waals surface area contributed by atoms with Crippen LogP contribution >= 0.6 is 171 Å². The van der Waals surface area contributed by atoms with Crippen LogP contribution in [0.4, 0.5) is 0 Å². The quantitative estimate of drug-likeness (QED) is 0.112. The van der Waals surface area contributed by atoms with Crippen molar-refractivity contribution < 1.29 is 28.7 Å². The Labute approximate surface area is 326 Å². The Hall–Kier alpha value is 1.26. The second-order valence-corrected chi connectivity index (χ2v) is 19.0. The number of oxime groups is 2. The van der Waals surface area contributed by atoms with Gasteiger partial charge in [-0.05, 0) is 31.9 Å². The summed E-state index contributed by atoms with van der Waals surface area (Å²) in [4.78, 5) is 33.7. The average Bonchev–Trinajstić information content (AvgIpc) is 3.49. The lowest BCUT2D eigenvalue weighted by atomic mass is 10.1. The number of amides is 2. The lowest BCUT2D eigenvalue weighted by Gasteiger charge is -2.25. The molecule has 252 valence electrons. The van der Waals surface area contributed by atoms with Crippen LogP contribution in [-0.4, -0.2) is 85.5 Å². The first-order valence-electron chi connectivity index (χ1n) is 10.9. The third-order valence-electron chi connectivity index (χ3n) is 4.69. The first-order chi connectivity index (χ1) is 19.8. The highest BCUT2D eigenvalue weighted by molar-refractivity contribution is 9.18. The smallest absolute Gasteiger partial charge is 0.272 e. The Kier molecular flexibility index (Phi) is 18.0. The summed E-state index contributed by atoms with van der Waals surface area (Å²) in [5.41, 5.74) is 0. The number of carbonyl (C=O) groups is 2. The fourth-order valence-corrected chi connectivity index (χ4v) is 4.12. The molecular weight excluding hydrogens is 981 g/mol. The number of halogens is 14. The van der Waals surface area contributed by atoms with Gasteiger partial charge in [0.2, 0.25) is 11.8 Å². The number of hydrogen-bond donors (Lipinski definition) is 4. The molecule has 0 aromatic rings. The number of carbonyl (C=O) groups excluding carboxylic acids is 2. The monoisotopic (exact) mass is 990 g/mol. The number of ether oxygens (including phenoxy) is 2. The van der Waals surface area contributed by atoms with Crippen LogP contribution in [0.15, 0.2) is 10.3 Å². The van der Waals surface area contributed by atoms with Gasteiger partial charge < -0.3 is 29.8 Å². The van der Waals surface area contributed by atoms with Crippen LogP contribution in [0.25, 0.3) is 0 Å². The summed E-state index contributed by atoms with van der Waals surface area (Å²) in [6.45, 7) is -0.501. The summed E-state index contributed by atoms with van der Waals surface area (Å²) < 4.78 is 2.71. The van der Waals surface area contributed by atoms with Gasteiger partial charge in [-0.3, -0.25) is 20.4 Å². The number of nitrogens with one attached hydrogen (secondary N) is 4. The van der Waals surface area contributed by atoms with E-state index in [-0.39, 0.29) is 13.2 Å². The van der Waals surface area contributed by atoms with Crippen molar-refractivity contribution in [3.05, 3.63) is 0 Å². The van der Waals surface area contributed by atoms with Gasteiger partial charge in [0, 0.05) is 12.8 Å². The molecule has 0 aromatic heterocycles. The highest BCUT2D eigenvalue weighted by Gasteiger charge is 2.40. The highest BCUT2D eigenvalue weighted by atomic mass is 79.9. The van der Waals surface area contributed by atoms with Crippen LogP contribution in [0, 0.1) is 10.8 Å². The summed E-state index contributed by atoms with van der Waals surface area (Å²) in [6.07, 6.45) is -0.521. The molecule has 0 spiro atoms. The van der Waals surface area contributed by atoms with Gasteiger partial charge in [-0.2, -0.15) is 0 Å². The minimum Gasteiger partial charge on any atom is -0.476 e. The number of nitrogens with zero attached hydrogens (tertiary/aromatic N) is 2. The fourth-order valence-electron chi connectivity index (χ4n) is 2.66. The van der Waals surface area contributed by atoms with Gasteiger partial charge in [-0.25, -0.2) is 0 Å². The van der Waals surface area contributed by atoms with E-state index in [0.29, 0.717) is 22.1 Å². The maximum atomic E-state index is 11.8. The maximum Gasteiger partial charge on any atom is 0.272 e. The van der Waals surface area contributed by atoms with Crippen molar-refractivity contribution in [1.29, 1.82) is 10.8 Å². The molecule has 2 rings (SSSR count). The van der Waals surface area contributed by atoms with E-state index in [1.165, 1.54) is 0 Å². The van der Waals surface area contributed by atoms with Crippen molar-refractivity contribution >= 4 is 204 Å². The first-order valence-corrected chi connectivity index (χ1v) is 17.0. The molecule has 2 heterocycles. The molecule has 0 saturated heterocycles. The minimum absolute atomic E-state index is 0.250. The zero-order valence-corrected chi connectivity index (χ0v) is 33.0. The highest BCUT2D eigenvalue weighted by Crippen LogP contribution is 2.31. The predicted molar refractivity (Wildman–Crippen MR) is 184 cm³/mol.